The van der Waals surface area contributed by atoms with Crippen LogP contribution in [0.3, 0.4) is 0 Å². The quantitative estimate of drug-likeness (QED) is 0.589. The smallest absolute Gasteiger partial charge is 0.280 e. The lowest BCUT2D eigenvalue weighted by Crippen LogP contribution is -2.20. The number of anilines is 1. The maximum absolute atomic E-state index is 11.8. The number of nitrogen functional groups attached to an aromatic ring is 1. The van der Waals surface area contributed by atoms with Crippen LogP contribution < -0.4 is 11.3 Å². The average molecular weight is 291 g/mol. The molecule has 5 N–H and O–H groups in total. The number of aromatic amines is 1. The van der Waals surface area contributed by atoms with E-state index in [4.69, 9.17) is 5.73 Å². The van der Waals surface area contributed by atoms with Crippen molar-refractivity contribution in [3.05, 3.63) is 16.7 Å². The zero-order valence-corrected chi connectivity index (χ0v) is 11.4. The van der Waals surface area contributed by atoms with Crippen LogP contribution in [0.25, 0.3) is 11.2 Å². The minimum atomic E-state index is -0.350. The van der Waals surface area contributed by atoms with Gasteiger partial charge < -0.3 is 20.5 Å². The number of aromatic nitrogens is 4. The van der Waals surface area contributed by atoms with Crippen molar-refractivity contribution < 1.29 is 10.2 Å². The number of aliphatic hydroxyl groups excluding tert-OH is 2. The third-order valence-electron chi connectivity index (χ3n) is 5.30. The molecular weight excluding hydrogens is 274 g/mol. The second-order valence-corrected chi connectivity index (χ2v) is 6.16. The Morgan fingerprint density at radius 2 is 2.33 bits per heavy atom. The number of hydrogen-bond acceptors (Lipinski definition) is 6. The van der Waals surface area contributed by atoms with E-state index in [0.717, 1.165) is 12.8 Å². The van der Waals surface area contributed by atoms with Crippen LogP contribution in [0.1, 0.15) is 18.9 Å². The summed E-state index contributed by atoms with van der Waals surface area (Å²) < 4.78 is 1.87. The number of hydrogen-bond donors (Lipinski definition) is 4. The Kier molecular flexibility index (Phi) is 2.46. The number of aliphatic hydroxyl groups is 2. The molecule has 2 fully saturated rings. The predicted octanol–water partition coefficient (Wildman–Crippen LogP) is -0.746. The lowest BCUT2D eigenvalue weighted by Gasteiger charge is -2.19. The van der Waals surface area contributed by atoms with Gasteiger partial charge in [0.25, 0.3) is 5.56 Å². The van der Waals surface area contributed by atoms with Crippen molar-refractivity contribution >= 4 is 17.1 Å². The zero-order chi connectivity index (χ0) is 14.8. The summed E-state index contributed by atoms with van der Waals surface area (Å²) in [6, 6.07) is 0.0907. The Morgan fingerprint density at radius 3 is 3.00 bits per heavy atom. The highest BCUT2D eigenvalue weighted by atomic mass is 16.3. The van der Waals surface area contributed by atoms with Crippen LogP contribution in [0.4, 0.5) is 5.95 Å². The van der Waals surface area contributed by atoms with Gasteiger partial charge >= 0.3 is 0 Å². The van der Waals surface area contributed by atoms with Gasteiger partial charge in [-0.1, -0.05) is 0 Å². The highest BCUT2D eigenvalue weighted by molar-refractivity contribution is 5.70. The summed E-state index contributed by atoms with van der Waals surface area (Å²) in [4.78, 5) is 22.6. The van der Waals surface area contributed by atoms with E-state index in [-0.39, 0.29) is 47.6 Å². The largest absolute Gasteiger partial charge is 0.396 e. The Morgan fingerprint density at radius 1 is 1.52 bits per heavy atom. The van der Waals surface area contributed by atoms with E-state index < -0.39 is 0 Å². The SMILES string of the molecule is Nc1nc2c(ncn2[C@H]2C[C@H](CO)C3(CO)C[C@H]23)c(=O)[nH]1. The van der Waals surface area contributed by atoms with Gasteiger partial charge in [-0.15, -0.1) is 0 Å². The van der Waals surface area contributed by atoms with Crippen LogP contribution in [0, 0.1) is 17.3 Å². The van der Waals surface area contributed by atoms with E-state index >= 15 is 0 Å². The van der Waals surface area contributed by atoms with E-state index in [2.05, 4.69) is 15.0 Å². The molecule has 2 aliphatic carbocycles. The van der Waals surface area contributed by atoms with Crippen molar-refractivity contribution in [1.29, 1.82) is 0 Å². The molecule has 1 unspecified atom stereocenters. The first kappa shape index (κ1) is 12.8. The Balaban J connectivity index is 1.81. The molecule has 0 bridgehead atoms. The molecule has 112 valence electrons. The molecule has 8 nitrogen and oxygen atoms in total. The van der Waals surface area contributed by atoms with Gasteiger partial charge in [0.2, 0.25) is 5.95 Å². The molecule has 2 aromatic rings. The monoisotopic (exact) mass is 291 g/mol. The third kappa shape index (κ3) is 1.54. The predicted molar refractivity (Wildman–Crippen MR) is 74.4 cm³/mol. The van der Waals surface area contributed by atoms with Crippen molar-refractivity contribution in [3.8, 4) is 0 Å². The topological polar surface area (TPSA) is 130 Å². The lowest BCUT2D eigenvalue weighted by atomic mass is 9.92. The van der Waals surface area contributed by atoms with Gasteiger partial charge in [-0.3, -0.25) is 9.78 Å². The maximum atomic E-state index is 11.8. The van der Waals surface area contributed by atoms with Crippen LogP contribution in [-0.4, -0.2) is 42.9 Å². The molecular formula is C13H17N5O3. The van der Waals surface area contributed by atoms with Gasteiger partial charge in [0, 0.05) is 24.7 Å². The van der Waals surface area contributed by atoms with E-state index in [9.17, 15) is 15.0 Å². The number of fused-ring (bicyclic) bond motifs is 2. The van der Waals surface area contributed by atoms with E-state index in [1.807, 2.05) is 4.57 Å². The Labute approximate surface area is 119 Å². The molecule has 2 aliphatic rings. The number of nitrogens with one attached hydrogen (secondary N) is 1. The maximum Gasteiger partial charge on any atom is 0.280 e. The van der Waals surface area contributed by atoms with E-state index in [1.54, 1.807) is 6.33 Å². The Hall–Kier alpha value is -1.93. The summed E-state index contributed by atoms with van der Waals surface area (Å²) >= 11 is 0. The van der Waals surface area contributed by atoms with Gasteiger partial charge in [-0.05, 0) is 24.7 Å². The molecule has 0 saturated heterocycles. The second kappa shape index (κ2) is 4.05. The van der Waals surface area contributed by atoms with Gasteiger partial charge in [0.1, 0.15) is 0 Å². The first-order valence-corrected chi connectivity index (χ1v) is 7.05. The van der Waals surface area contributed by atoms with Crippen LogP contribution >= 0.6 is 0 Å². The van der Waals surface area contributed by atoms with Gasteiger partial charge in [-0.25, -0.2) is 4.98 Å². The number of H-pyrrole nitrogens is 1. The van der Waals surface area contributed by atoms with Crippen molar-refractivity contribution in [3.63, 3.8) is 0 Å². The number of rotatable bonds is 3. The molecule has 2 aromatic heterocycles. The molecule has 0 aromatic carbocycles. The highest BCUT2D eigenvalue weighted by Crippen LogP contribution is 2.70. The van der Waals surface area contributed by atoms with Crippen LogP contribution in [0.15, 0.2) is 11.1 Å². The molecule has 4 atom stereocenters. The summed E-state index contributed by atoms with van der Waals surface area (Å²) in [5.41, 5.74) is 5.83. The number of nitrogens with zero attached hydrogens (tertiary/aromatic N) is 3. The second-order valence-electron chi connectivity index (χ2n) is 6.16. The van der Waals surface area contributed by atoms with E-state index in [0.29, 0.717) is 11.6 Å². The third-order valence-corrected chi connectivity index (χ3v) is 5.30. The first-order valence-electron chi connectivity index (χ1n) is 7.05. The number of imidazole rings is 1. The van der Waals surface area contributed by atoms with Crippen molar-refractivity contribution in [2.45, 2.75) is 18.9 Å². The van der Waals surface area contributed by atoms with Crippen LogP contribution in [-0.2, 0) is 0 Å². The van der Waals surface area contributed by atoms with Crippen molar-refractivity contribution in [2.75, 3.05) is 18.9 Å². The molecule has 21 heavy (non-hydrogen) atoms. The van der Waals surface area contributed by atoms with Gasteiger partial charge in [0.15, 0.2) is 11.2 Å². The lowest BCUT2D eigenvalue weighted by molar-refractivity contribution is 0.112. The minimum absolute atomic E-state index is 0.0650. The fourth-order valence-corrected chi connectivity index (χ4v) is 4.09. The molecule has 2 saturated carbocycles. The minimum Gasteiger partial charge on any atom is -0.396 e. The van der Waals surface area contributed by atoms with Gasteiger partial charge in [0.05, 0.1) is 6.33 Å². The fourth-order valence-electron chi connectivity index (χ4n) is 4.09. The zero-order valence-electron chi connectivity index (χ0n) is 11.4. The van der Waals surface area contributed by atoms with Crippen LogP contribution in [0.2, 0.25) is 0 Å². The molecule has 0 radical (unpaired) electrons. The summed E-state index contributed by atoms with van der Waals surface area (Å²) in [6.45, 7) is 0.151. The van der Waals surface area contributed by atoms with Crippen molar-refractivity contribution in [1.82, 2.24) is 19.5 Å². The highest BCUT2D eigenvalue weighted by Gasteiger charge is 2.66. The standard InChI is InChI=1S/C13H17N5O3/c14-12-16-10-9(11(21)17-12)15-5-18(10)8-1-6(3-19)13(4-20)2-7(8)13/h5-8,19-20H,1-4H2,(H3,14,16,17,21)/t6-,7-,8+,13?/m1/s1. The normalized spacial score (nSPS) is 34.3. The molecule has 8 heteroatoms. The average Bonchev–Trinajstić information content (AvgIpc) is 2.91. The molecule has 2 heterocycles. The Bertz CT molecular complexity index is 769. The summed E-state index contributed by atoms with van der Waals surface area (Å²) in [5.74, 6) is 0.434. The first-order chi connectivity index (χ1) is 10.1. The molecule has 0 spiro atoms. The molecule has 4 rings (SSSR count). The van der Waals surface area contributed by atoms with Crippen molar-refractivity contribution in [2.24, 2.45) is 17.3 Å². The molecule has 0 aliphatic heterocycles. The van der Waals surface area contributed by atoms with E-state index in [1.165, 1.54) is 0 Å². The van der Waals surface area contributed by atoms with Gasteiger partial charge in [-0.2, -0.15) is 4.98 Å². The molecule has 0 amide bonds. The summed E-state index contributed by atoms with van der Waals surface area (Å²) in [7, 11) is 0. The fraction of sp³-hybridized carbons (Fsp3) is 0.615. The summed E-state index contributed by atoms with van der Waals surface area (Å²) in [5, 5.41) is 19.2. The number of nitrogens with two attached hydrogens (primary N) is 1. The summed E-state index contributed by atoms with van der Waals surface area (Å²) in [6.07, 6.45) is 3.25. The van der Waals surface area contributed by atoms with Crippen LogP contribution in [0.5, 0.6) is 0 Å².